The van der Waals surface area contributed by atoms with Gasteiger partial charge in [-0.1, -0.05) is 42.1 Å². The second-order valence-electron chi connectivity index (χ2n) is 6.65. The summed E-state index contributed by atoms with van der Waals surface area (Å²) in [7, 11) is 0. The molecule has 2 aliphatic heterocycles. The zero-order valence-electron chi connectivity index (χ0n) is 14.7. The van der Waals surface area contributed by atoms with Crippen molar-refractivity contribution in [3.63, 3.8) is 0 Å². The minimum atomic E-state index is -1.46. The van der Waals surface area contributed by atoms with Crippen molar-refractivity contribution in [2.24, 2.45) is 0 Å². The van der Waals surface area contributed by atoms with Gasteiger partial charge in [-0.3, -0.25) is 14.5 Å². The average molecular weight is 401 g/mol. The van der Waals surface area contributed by atoms with Crippen molar-refractivity contribution in [2.45, 2.75) is 34.7 Å². The molecule has 7 nitrogen and oxygen atoms in total. The number of amides is 2. The summed E-state index contributed by atoms with van der Waals surface area (Å²) in [6, 6.07) is 14.5. The molecule has 0 saturated carbocycles. The molecule has 0 aliphatic carbocycles. The van der Waals surface area contributed by atoms with Gasteiger partial charge in [0.05, 0.1) is 17.7 Å². The third kappa shape index (κ3) is 3.13. The molecular formula is C20H19NO6S. The predicted octanol–water partition coefficient (Wildman–Crippen LogP) is 0.882. The van der Waals surface area contributed by atoms with Gasteiger partial charge in [-0.2, -0.15) is 0 Å². The first-order valence-electron chi connectivity index (χ1n) is 8.84. The molecule has 5 unspecified atom stereocenters. The first-order valence-corrected chi connectivity index (χ1v) is 9.72. The van der Waals surface area contributed by atoms with Gasteiger partial charge in [-0.15, -0.1) is 0 Å². The third-order valence-corrected chi connectivity index (χ3v) is 6.13. The van der Waals surface area contributed by atoms with Crippen LogP contribution in [-0.2, 0) is 4.74 Å². The number of aliphatic hydroxyl groups is 3. The second kappa shape index (κ2) is 7.65. The standard InChI is InChI=1S/C20H19NO6S/c22-10-14-16(23)17(24)15(20(27-14)28-11-6-2-1-3-7-11)21-18(25)12-8-4-5-9-13(12)19(21)26/h1-9,14-17,20,22-24H,10H2. The Morgan fingerprint density at radius 3 is 2.04 bits per heavy atom. The van der Waals surface area contributed by atoms with Crippen LogP contribution in [-0.4, -0.2) is 68.4 Å². The summed E-state index contributed by atoms with van der Waals surface area (Å²) in [5.41, 5.74) is -0.357. The fourth-order valence-electron chi connectivity index (χ4n) is 3.55. The molecule has 2 aliphatic rings. The Morgan fingerprint density at radius 2 is 1.46 bits per heavy atom. The minimum Gasteiger partial charge on any atom is -0.394 e. The Kier molecular flexibility index (Phi) is 5.22. The lowest BCUT2D eigenvalue weighted by Crippen LogP contribution is -2.64. The SMILES string of the molecule is O=C1c2ccccc2C(=O)N1C1C(Sc2ccccc2)OC(CO)C(O)C1O. The second-order valence-corrected chi connectivity index (χ2v) is 7.83. The lowest BCUT2D eigenvalue weighted by atomic mass is 9.97. The maximum atomic E-state index is 12.9. The van der Waals surface area contributed by atoms with Crippen molar-refractivity contribution in [1.29, 1.82) is 0 Å². The van der Waals surface area contributed by atoms with Crippen LogP contribution in [0.3, 0.4) is 0 Å². The number of thioether (sulfide) groups is 1. The van der Waals surface area contributed by atoms with E-state index in [0.29, 0.717) is 0 Å². The monoisotopic (exact) mass is 401 g/mol. The molecule has 5 atom stereocenters. The van der Waals surface area contributed by atoms with Gasteiger partial charge in [0, 0.05) is 4.90 Å². The number of carbonyl (C=O) groups excluding carboxylic acids is 2. The van der Waals surface area contributed by atoms with E-state index in [1.165, 1.54) is 11.8 Å². The van der Waals surface area contributed by atoms with Crippen LogP contribution in [0.2, 0.25) is 0 Å². The number of hydrogen-bond donors (Lipinski definition) is 3. The predicted molar refractivity (Wildman–Crippen MR) is 101 cm³/mol. The van der Waals surface area contributed by atoms with E-state index >= 15 is 0 Å². The number of hydrogen-bond acceptors (Lipinski definition) is 7. The van der Waals surface area contributed by atoms with E-state index in [4.69, 9.17) is 4.74 Å². The van der Waals surface area contributed by atoms with E-state index in [1.807, 2.05) is 30.3 Å². The van der Waals surface area contributed by atoms with E-state index in [9.17, 15) is 24.9 Å². The molecular weight excluding hydrogens is 382 g/mol. The normalized spacial score (nSPS) is 29.8. The Bertz CT molecular complexity index is 856. The third-order valence-electron chi connectivity index (χ3n) is 4.97. The van der Waals surface area contributed by atoms with Crippen molar-refractivity contribution in [3.05, 3.63) is 65.7 Å². The number of fused-ring (bicyclic) bond motifs is 1. The summed E-state index contributed by atoms with van der Waals surface area (Å²) in [6.45, 7) is -0.501. The number of imide groups is 1. The van der Waals surface area contributed by atoms with Crippen LogP contribution in [0.5, 0.6) is 0 Å². The van der Waals surface area contributed by atoms with Gasteiger partial charge in [-0.05, 0) is 24.3 Å². The van der Waals surface area contributed by atoms with Crippen molar-refractivity contribution < 1.29 is 29.6 Å². The molecule has 2 amide bonds. The van der Waals surface area contributed by atoms with Gasteiger partial charge in [-0.25, -0.2) is 0 Å². The van der Waals surface area contributed by atoms with Gasteiger partial charge in [0.1, 0.15) is 29.8 Å². The van der Waals surface area contributed by atoms with E-state index in [1.54, 1.807) is 24.3 Å². The molecule has 0 radical (unpaired) electrons. The lowest BCUT2D eigenvalue weighted by molar-refractivity contribution is -0.181. The molecule has 2 heterocycles. The van der Waals surface area contributed by atoms with E-state index < -0.39 is 48.2 Å². The summed E-state index contributed by atoms with van der Waals surface area (Å²) in [6.07, 6.45) is -3.93. The first-order chi connectivity index (χ1) is 13.5. The molecule has 0 spiro atoms. The molecule has 2 aromatic rings. The van der Waals surface area contributed by atoms with Gasteiger partial charge in [0.15, 0.2) is 0 Å². The molecule has 28 heavy (non-hydrogen) atoms. The molecule has 1 saturated heterocycles. The van der Waals surface area contributed by atoms with Crippen molar-refractivity contribution in [1.82, 2.24) is 4.90 Å². The van der Waals surface area contributed by atoms with E-state index in [2.05, 4.69) is 0 Å². The summed E-state index contributed by atoms with van der Waals surface area (Å²) >= 11 is 1.22. The Labute approximate surface area is 165 Å². The zero-order valence-corrected chi connectivity index (χ0v) is 15.5. The summed E-state index contributed by atoms with van der Waals surface area (Å²) in [5.74, 6) is -1.08. The van der Waals surface area contributed by atoms with Crippen LogP contribution < -0.4 is 0 Å². The summed E-state index contributed by atoms with van der Waals surface area (Å²) < 4.78 is 5.80. The van der Waals surface area contributed by atoms with E-state index in [-0.39, 0.29) is 11.1 Å². The van der Waals surface area contributed by atoms with Crippen LogP contribution in [0, 0.1) is 0 Å². The van der Waals surface area contributed by atoms with E-state index in [0.717, 1.165) is 9.80 Å². The van der Waals surface area contributed by atoms with Crippen LogP contribution in [0.4, 0.5) is 0 Å². The number of nitrogens with zero attached hydrogens (tertiary/aromatic N) is 1. The average Bonchev–Trinajstić information content (AvgIpc) is 2.97. The smallest absolute Gasteiger partial charge is 0.262 e. The Morgan fingerprint density at radius 1 is 0.893 bits per heavy atom. The summed E-state index contributed by atoms with van der Waals surface area (Å²) in [5, 5.41) is 30.6. The van der Waals surface area contributed by atoms with Crippen LogP contribution in [0.1, 0.15) is 20.7 Å². The van der Waals surface area contributed by atoms with Crippen molar-refractivity contribution in [3.8, 4) is 0 Å². The zero-order chi connectivity index (χ0) is 19.8. The van der Waals surface area contributed by atoms with Crippen molar-refractivity contribution in [2.75, 3.05) is 6.61 Å². The van der Waals surface area contributed by atoms with Crippen LogP contribution in [0.15, 0.2) is 59.5 Å². The van der Waals surface area contributed by atoms with Gasteiger partial charge in [0.2, 0.25) is 0 Å². The van der Waals surface area contributed by atoms with Gasteiger partial charge < -0.3 is 20.1 Å². The quantitative estimate of drug-likeness (QED) is 0.653. The topological polar surface area (TPSA) is 107 Å². The maximum Gasteiger partial charge on any atom is 0.262 e. The Hall–Kier alpha value is -2.23. The molecule has 0 aromatic heterocycles. The molecule has 0 bridgehead atoms. The molecule has 146 valence electrons. The molecule has 3 N–H and O–H groups in total. The fourth-order valence-corrected chi connectivity index (χ4v) is 4.75. The molecule has 1 fully saturated rings. The number of carbonyl (C=O) groups is 2. The molecule has 4 rings (SSSR count). The largest absolute Gasteiger partial charge is 0.394 e. The highest BCUT2D eigenvalue weighted by Crippen LogP contribution is 2.38. The van der Waals surface area contributed by atoms with Crippen LogP contribution in [0.25, 0.3) is 0 Å². The molecule has 2 aromatic carbocycles. The van der Waals surface area contributed by atoms with Gasteiger partial charge in [0.25, 0.3) is 11.8 Å². The Balaban J connectivity index is 1.71. The molecule has 8 heteroatoms. The maximum absolute atomic E-state index is 12.9. The highest BCUT2D eigenvalue weighted by molar-refractivity contribution is 7.99. The highest BCUT2D eigenvalue weighted by atomic mass is 32.2. The fraction of sp³-hybridized carbons (Fsp3) is 0.300. The number of rotatable bonds is 4. The number of aliphatic hydroxyl groups excluding tert-OH is 3. The minimum absolute atomic E-state index is 0.252. The van der Waals surface area contributed by atoms with Crippen molar-refractivity contribution >= 4 is 23.6 Å². The first kappa shape index (κ1) is 19.1. The lowest BCUT2D eigenvalue weighted by Gasteiger charge is -2.44. The number of ether oxygens (including phenoxy) is 1. The van der Waals surface area contributed by atoms with Gasteiger partial charge >= 0.3 is 0 Å². The highest BCUT2D eigenvalue weighted by Gasteiger charge is 2.52. The number of benzene rings is 2. The van der Waals surface area contributed by atoms with Crippen LogP contribution >= 0.6 is 11.8 Å². The summed E-state index contributed by atoms with van der Waals surface area (Å²) in [4.78, 5) is 27.6.